The van der Waals surface area contributed by atoms with E-state index in [-0.39, 0.29) is 0 Å². The highest BCUT2D eigenvalue weighted by molar-refractivity contribution is 4.42. The van der Waals surface area contributed by atoms with Crippen molar-refractivity contribution in [3.63, 3.8) is 0 Å². The van der Waals surface area contributed by atoms with E-state index in [2.05, 4.69) is 20.8 Å². The first-order chi connectivity index (χ1) is 3.81. The van der Waals surface area contributed by atoms with E-state index in [0.29, 0.717) is 6.10 Å². The first kappa shape index (κ1) is 7.96. The van der Waals surface area contributed by atoms with Gasteiger partial charge in [-0.25, -0.2) is 0 Å². The van der Waals surface area contributed by atoms with Gasteiger partial charge < -0.3 is 4.74 Å². The molecule has 0 aromatic carbocycles. The van der Waals surface area contributed by atoms with Gasteiger partial charge in [-0.2, -0.15) is 0 Å². The van der Waals surface area contributed by atoms with Crippen molar-refractivity contribution >= 4 is 0 Å². The maximum Gasteiger partial charge on any atom is 0.0544 e. The van der Waals surface area contributed by atoms with Gasteiger partial charge in [0.1, 0.15) is 0 Å². The fourth-order valence-electron chi connectivity index (χ4n) is 0.437. The number of rotatable bonds is 4. The van der Waals surface area contributed by atoms with Crippen LogP contribution in [0.4, 0.5) is 0 Å². The minimum atomic E-state index is 0.454. The van der Waals surface area contributed by atoms with Crippen LogP contribution < -0.4 is 0 Å². The predicted molar refractivity (Wildman–Crippen MR) is 36.0 cm³/mol. The molecular weight excluding hydrogens is 100 g/mol. The quantitative estimate of drug-likeness (QED) is 0.547. The maximum atomic E-state index is 5.34. The van der Waals surface area contributed by atoms with Gasteiger partial charge in [-0.15, -0.1) is 0 Å². The van der Waals surface area contributed by atoms with E-state index in [9.17, 15) is 0 Å². The molecule has 1 heteroatoms. The predicted octanol–water partition coefficient (Wildman–Crippen LogP) is 2.21. The van der Waals surface area contributed by atoms with Crippen molar-refractivity contribution in [2.75, 3.05) is 6.61 Å². The molecule has 0 amide bonds. The summed E-state index contributed by atoms with van der Waals surface area (Å²) >= 11 is 0. The first-order valence-electron chi connectivity index (χ1n) is 3.42. The average Bonchev–Trinajstić information content (AvgIpc) is 1.83. The van der Waals surface area contributed by atoms with Crippen LogP contribution >= 0.6 is 0 Å². The van der Waals surface area contributed by atoms with Crippen LogP contribution in [0.25, 0.3) is 0 Å². The van der Waals surface area contributed by atoms with Crippen molar-refractivity contribution < 1.29 is 4.74 Å². The van der Waals surface area contributed by atoms with Gasteiger partial charge in [-0.05, 0) is 19.8 Å². The molecule has 0 aliphatic carbocycles. The van der Waals surface area contributed by atoms with Gasteiger partial charge >= 0.3 is 0 Å². The third-order valence-corrected chi connectivity index (χ3v) is 1.18. The third-order valence-electron chi connectivity index (χ3n) is 1.18. The summed E-state index contributed by atoms with van der Waals surface area (Å²) in [4.78, 5) is 0. The summed E-state index contributed by atoms with van der Waals surface area (Å²) in [7, 11) is 0. The van der Waals surface area contributed by atoms with E-state index in [0.717, 1.165) is 19.4 Å². The Morgan fingerprint density at radius 2 is 2.00 bits per heavy atom. The Balaban J connectivity index is 2.86. The Morgan fingerprint density at radius 3 is 2.38 bits per heavy atom. The molecule has 0 saturated carbocycles. The zero-order valence-corrected chi connectivity index (χ0v) is 6.11. The molecule has 0 unspecified atom stereocenters. The summed E-state index contributed by atoms with van der Waals surface area (Å²) in [5.41, 5.74) is 0. The standard InChI is InChI=1S/C7H16O/c1-4-6-8-7(3)5-2/h7H,4-6H2,1-3H3/t7-/m1/s1. The molecule has 1 atom stereocenters. The van der Waals surface area contributed by atoms with Gasteiger partial charge in [0.2, 0.25) is 0 Å². The van der Waals surface area contributed by atoms with Crippen molar-refractivity contribution in [1.82, 2.24) is 0 Å². The van der Waals surface area contributed by atoms with Gasteiger partial charge in [-0.3, -0.25) is 0 Å². The van der Waals surface area contributed by atoms with Crippen LogP contribution in [0.5, 0.6) is 0 Å². The first-order valence-corrected chi connectivity index (χ1v) is 3.42. The maximum absolute atomic E-state index is 5.34. The third kappa shape index (κ3) is 4.13. The summed E-state index contributed by atoms with van der Waals surface area (Å²) in [6, 6.07) is 0. The van der Waals surface area contributed by atoms with Crippen LogP contribution in [0, 0.1) is 0 Å². The largest absolute Gasteiger partial charge is 0.379 e. The number of hydrogen-bond acceptors (Lipinski definition) is 1. The Hall–Kier alpha value is -0.0400. The van der Waals surface area contributed by atoms with E-state index in [1.54, 1.807) is 0 Å². The second-order valence-electron chi connectivity index (χ2n) is 2.09. The highest BCUT2D eigenvalue weighted by atomic mass is 16.5. The van der Waals surface area contributed by atoms with Gasteiger partial charge in [0, 0.05) is 6.61 Å². The molecule has 0 bridgehead atoms. The van der Waals surface area contributed by atoms with E-state index in [1.807, 2.05) is 0 Å². The molecule has 0 rings (SSSR count). The smallest absolute Gasteiger partial charge is 0.0544 e. The Morgan fingerprint density at radius 1 is 1.38 bits per heavy atom. The van der Waals surface area contributed by atoms with Crippen molar-refractivity contribution in [3.8, 4) is 0 Å². The zero-order valence-electron chi connectivity index (χ0n) is 6.11. The van der Waals surface area contributed by atoms with Crippen LogP contribution in [0.1, 0.15) is 33.6 Å². The monoisotopic (exact) mass is 116 g/mol. The Kier molecular flexibility index (Phi) is 5.08. The lowest BCUT2D eigenvalue weighted by atomic mass is 10.3. The summed E-state index contributed by atoms with van der Waals surface area (Å²) in [6.07, 6.45) is 2.71. The van der Waals surface area contributed by atoms with Gasteiger partial charge in [0.05, 0.1) is 6.10 Å². The Labute approximate surface area is 52.0 Å². The molecule has 0 radical (unpaired) electrons. The fraction of sp³-hybridized carbons (Fsp3) is 1.00. The minimum absolute atomic E-state index is 0.454. The normalized spacial score (nSPS) is 13.9. The Bertz CT molecular complexity index is 43.7. The molecule has 8 heavy (non-hydrogen) atoms. The van der Waals surface area contributed by atoms with E-state index < -0.39 is 0 Å². The van der Waals surface area contributed by atoms with E-state index in [1.165, 1.54) is 0 Å². The van der Waals surface area contributed by atoms with Crippen molar-refractivity contribution in [2.24, 2.45) is 0 Å². The molecule has 50 valence electrons. The second-order valence-corrected chi connectivity index (χ2v) is 2.09. The van der Waals surface area contributed by atoms with Crippen LogP contribution in [-0.2, 0) is 4.74 Å². The summed E-state index contributed by atoms with van der Waals surface area (Å²) in [5, 5.41) is 0. The van der Waals surface area contributed by atoms with Crippen molar-refractivity contribution in [1.29, 1.82) is 0 Å². The lowest BCUT2D eigenvalue weighted by molar-refractivity contribution is 0.0642. The van der Waals surface area contributed by atoms with Crippen LogP contribution in [0.2, 0.25) is 0 Å². The van der Waals surface area contributed by atoms with Crippen LogP contribution in [0.3, 0.4) is 0 Å². The molecule has 0 N–H and O–H groups in total. The van der Waals surface area contributed by atoms with Gasteiger partial charge in [-0.1, -0.05) is 13.8 Å². The number of hydrogen-bond donors (Lipinski definition) is 0. The minimum Gasteiger partial charge on any atom is -0.379 e. The summed E-state index contributed by atoms with van der Waals surface area (Å²) < 4.78 is 5.34. The lowest BCUT2D eigenvalue weighted by Gasteiger charge is -2.07. The molecule has 0 aromatic rings. The van der Waals surface area contributed by atoms with Gasteiger partial charge in [0.15, 0.2) is 0 Å². The molecule has 0 saturated heterocycles. The highest BCUT2D eigenvalue weighted by Crippen LogP contribution is 1.95. The number of ether oxygens (including phenoxy) is 1. The van der Waals surface area contributed by atoms with Crippen molar-refractivity contribution in [3.05, 3.63) is 0 Å². The van der Waals surface area contributed by atoms with Crippen LogP contribution in [-0.4, -0.2) is 12.7 Å². The summed E-state index contributed by atoms with van der Waals surface area (Å²) in [6.45, 7) is 7.29. The van der Waals surface area contributed by atoms with Gasteiger partial charge in [0.25, 0.3) is 0 Å². The highest BCUT2D eigenvalue weighted by Gasteiger charge is 1.93. The molecule has 1 nitrogen and oxygen atoms in total. The topological polar surface area (TPSA) is 9.23 Å². The molecule has 0 aliphatic heterocycles. The van der Waals surface area contributed by atoms with Crippen LogP contribution in [0.15, 0.2) is 0 Å². The molecule has 0 aliphatic rings. The molecule has 0 heterocycles. The summed E-state index contributed by atoms with van der Waals surface area (Å²) in [5.74, 6) is 0. The zero-order chi connectivity index (χ0) is 6.41. The molecule has 0 fully saturated rings. The van der Waals surface area contributed by atoms with E-state index in [4.69, 9.17) is 4.74 Å². The SMILES string of the molecule is CCCO[C@H](C)CC. The van der Waals surface area contributed by atoms with E-state index >= 15 is 0 Å². The second kappa shape index (κ2) is 5.10. The lowest BCUT2D eigenvalue weighted by Crippen LogP contribution is -2.06. The average molecular weight is 116 g/mol. The van der Waals surface area contributed by atoms with Crippen molar-refractivity contribution in [2.45, 2.75) is 39.7 Å². The molecule has 0 spiro atoms. The molecule has 0 aromatic heterocycles. The molecular formula is C7H16O. The fourth-order valence-corrected chi connectivity index (χ4v) is 0.437.